The molecule has 0 amide bonds. The number of aromatic nitrogens is 2. The van der Waals surface area contributed by atoms with E-state index in [1.165, 1.54) is 17.5 Å². The molecule has 0 saturated carbocycles. The predicted molar refractivity (Wildman–Crippen MR) is 55.7 cm³/mol. The lowest BCUT2D eigenvalue weighted by Gasteiger charge is -2.05. The van der Waals surface area contributed by atoms with Gasteiger partial charge >= 0.3 is 6.18 Å². The van der Waals surface area contributed by atoms with E-state index in [-0.39, 0.29) is 11.4 Å². The fraction of sp³-hybridized carbons (Fsp3) is 0.100. The smallest absolute Gasteiger partial charge is 0.296 e. The number of halogens is 3. The Balaban J connectivity index is 2.42. The third kappa shape index (κ3) is 2.50. The van der Waals surface area contributed by atoms with Crippen LogP contribution in [-0.4, -0.2) is 16.3 Å². The van der Waals surface area contributed by atoms with E-state index in [0.29, 0.717) is 11.3 Å². The van der Waals surface area contributed by atoms with Gasteiger partial charge in [0.15, 0.2) is 6.29 Å². The van der Waals surface area contributed by atoms with Crippen molar-refractivity contribution in [3.05, 3.63) is 35.0 Å². The summed E-state index contributed by atoms with van der Waals surface area (Å²) in [5, 5.41) is 1.75. The maximum atomic E-state index is 12.4. The molecule has 0 aliphatic rings. The van der Waals surface area contributed by atoms with Crippen LogP contribution in [0.25, 0.3) is 10.7 Å². The second kappa shape index (κ2) is 4.25. The Hall–Kier alpha value is -1.76. The first-order chi connectivity index (χ1) is 8.00. The van der Waals surface area contributed by atoms with Gasteiger partial charge in [0.2, 0.25) is 0 Å². The number of thiazole rings is 1. The Morgan fingerprint density at radius 2 is 2.00 bits per heavy atom. The molecular formula is C10H5F3N2OS. The Bertz CT molecular complexity index is 550. The largest absolute Gasteiger partial charge is 0.433 e. The number of pyridine rings is 1. The summed E-state index contributed by atoms with van der Waals surface area (Å²) in [7, 11) is 0. The molecule has 7 heteroatoms. The van der Waals surface area contributed by atoms with Crippen LogP contribution in [0.1, 0.15) is 16.2 Å². The lowest BCUT2D eigenvalue weighted by Crippen LogP contribution is -2.07. The van der Waals surface area contributed by atoms with E-state index in [2.05, 4.69) is 9.97 Å². The van der Waals surface area contributed by atoms with Crippen molar-refractivity contribution in [2.45, 2.75) is 6.18 Å². The Morgan fingerprint density at radius 1 is 1.24 bits per heavy atom. The van der Waals surface area contributed by atoms with Gasteiger partial charge in [-0.2, -0.15) is 13.2 Å². The van der Waals surface area contributed by atoms with Gasteiger partial charge in [0.05, 0.1) is 5.69 Å². The second-order valence-corrected chi connectivity index (χ2v) is 3.96. The van der Waals surface area contributed by atoms with Crippen molar-refractivity contribution in [1.29, 1.82) is 0 Å². The first-order valence-electron chi connectivity index (χ1n) is 4.46. The van der Waals surface area contributed by atoms with Gasteiger partial charge in [-0.1, -0.05) is 6.07 Å². The van der Waals surface area contributed by atoms with E-state index in [0.717, 1.165) is 17.4 Å². The van der Waals surface area contributed by atoms with E-state index < -0.39 is 11.9 Å². The molecule has 0 radical (unpaired) electrons. The molecule has 0 aliphatic carbocycles. The average Bonchev–Trinajstić information content (AvgIpc) is 2.76. The van der Waals surface area contributed by atoms with Crippen LogP contribution in [0.15, 0.2) is 23.6 Å². The number of carbonyl (C=O) groups is 1. The molecule has 0 saturated heterocycles. The van der Waals surface area contributed by atoms with E-state index in [4.69, 9.17) is 0 Å². The van der Waals surface area contributed by atoms with Crippen molar-refractivity contribution < 1.29 is 18.0 Å². The fourth-order valence-corrected chi connectivity index (χ4v) is 1.90. The SMILES string of the molecule is O=Cc1csc(-c2cccc(C(F)(F)F)n2)n1. The minimum absolute atomic E-state index is 0.109. The zero-order chi connectivity index (χ0) is 12.5. The first kappa shape index (κ1) is 11.7. The number of alkyl halides is 3. The highest BCUT2D eigenvalue weighted by molar-refractivity contribution is 7.13. The van der Waals surface area contributed by atoms with Crippen molar-refractivity contribution >= 4 is 17.6 Å². The van der Waals surface area contributed by atoms with Crippen LogP contribution in [0.4, 0.5) is 13.2 Å². The summed E-state index contributed by atoms with van der Waals surface area (Å²) in [4.78, 5) is 17.7. The van der Waals surface area contributed by atoms with Crippen LogP contribution >= 0.6 is 11.3 Å². The van der Waals surface area contributed by atoms with E-state index in [9.17, 15) is 18.0 Å². The van der Waals surface area contributed by atoms with E-state index in [1.54, 1.807) is 0 Å². The molecule has 2 aromatic rings. The van der Waals surface area contributed by atoms with Gasteiger partial charge in [-0.3, -0.25) is 4.79 Å². The molecule has 2 aromatic heterocycles. The zero-order valence-electron chi connectivity index (χ0n) is 8.23. The molecule has 0 N–H and O–H groups in total. The number of hydrogen-bond acceptors (Lipinski definition) is 4. The third-order valence-corrected chi connectivity index (χ3v) is 2.78. The van der Waals surface area contributed by atoms with Crippen LogP contribution in [0, 0.1) is 0 Å². The summed E-state index contributed by atoms with van der Waals surface area (Å²) < 4.78 is 37.3. The van der Waals surface area contributed by atoms with Gasteiger partial charge in [0, 0.05) is 5.38 Å². The van der Waals surface area contributed by atoms with Crippen molar-refractivity contribution in [2.24, 2.45) is 0 Å². The molecular weight excluding hydrogens is 253 g/mol. The van der Waals surface area contributed by atoms with Crippen molar-refractivity contribution in [2.75, 3.05) is 0 Å². The maximum absolute atomic E-state index is 12.4. The first-order valence-corrected chi connectivity index (χ1v) is 5.34. The summed E-state index contributed by atoms with van der Waals surface area (Å²) in [6, 6.07) is 3.56. The number of nitrogens with zero attached hydrogens (tertiary/aromatic N) is 2. The van der Waals surface area contributed by atoms with Gasteiger partial charge in [0.25, 0.3) is 0 Å². The van der Waals surface area contributed by atoms with Gasteiger partial charge in [0.1, 0.15) is 16.4 Å². The molecule has 0 spiro atoms. The summed E-state index contributed by atoms with van der Waals surface area (Å²) in [6.07, 6.45) is -3.95. The van der Waals surface area contributed by atoms with Crippen molar-refractivity contribution in [3.63, 3.8) is 0 Å². The Morgan fingerprint density at radius 3 is 2.59 bits per heavy atom. The third-order valence-electron chi connectivity index (χ3n) is 1.90. The standard InChI is InChI=1S/C10H5F3N2OS/c11-10(12,13)8-3-1-2-7(15-8)9-14-6(4-16)5-17-9/h1-5H. The number of hydrogen-bond donors (Lipinski definition) is 0. The molecule has 0 unspecified atom stereocenters. The highest BCUT2D eigenvalue weighted by atomic mass is 32.1. The molecule has 2 rings (SSSR count). The molecule has 0 aromatic carbocycles. The topological polar surface area (TPSA) is 42.9 Å². The summed E-state index contributed by atoms with van der Waals surface area (Å²) >= 11 is 1.07. The Kier molecular flexibility index (Phi) is 2.93. The molecule has 0 fully saturated rings. The van der Waals surface area contributed by atoms with Gasteiger partial charge < -0.3 is 0 Å². The molecule has 0 aliphatic heterocycles. The molecule has 88 valence electrons. The lowest BCUT2D eigenvalue weighted by molar-refractivity contribution is -0.141. The number of carbonyl (C=O) groups excluding carboxylic acids is 1. The van der Waals surface area contributed by atoms with E-state index in [1.807, 2.05) is 0 Å². The van der Waals surface area contributed by atoms with Crippen molar-refractivity contribution in [3.8, 4) is 10.7 Å². The van der Waals surface area contributed by atoms with E-state index >= 15 is 0 Å². The minimum Gasteiger partial charge on any atom is -0.296 e. The van der Waals surface area contributed by atoms with Gasteiger partial charge in [-0.15, -0.1) is 11.3 Å². The molecule has 0 bridgehead atoms. The van der Waals surface area contributed by atoms with Crippen LogP contribution in [0.3, 0.4) is 0 Å². The number of rotatable bonds is 2. The predicted octanol–water partition coefficient (Wildman–Crippen LogP) is 3.04. The van der Waals surface area contributed by atoms with Gasteiger partial charge in [-0.05, 0) is 12.1 Å². The van der Waals surface area contributed by atoms with Crippen LogP contribution < -0.4 is 0 Å². The van der Waals surface area contributed by atoms with Crippen LogP contribution in [-0.2, 0) is 6.18 Å². The fourth-order valence-electron chi connectivity index (χ4n) is 1.17. The molecule has 3 nitrogen and oxygen atoms in total. The lowest BCUT2D eigenvalue weighted by atomic mass is 10.3. The van der Waals surface area contributed by atoms with Gasteiger partial charge in [-0.25, -0.2) is 9.97 Å². The highest BCUT2D eigenvalue weighted by Gasteiger charge is 2.32. The van der Waals surface area contributed by atoms with Crippen LogP contribution in [0.5, 0.6) is 0 Å². The summed E-state index contributed by atoms with van der Waals surface area (Å²) in [6.45, 7) is 0. The number of aldehydes is 1. The monoisotopic (exact) mass is 258 g/mol. The van der Waals surface area contributed by atoms with Crippen LogP contribution in [0.2, 0.25) is 0 Å². The highest BCUT2D eigenvalue weighted by Crippen LogP contribution is 2.30. The normalized spacial score (nSPS) is 11.5. The maximum Gasteiger partial charge on any atom is 0.433 e. The second-order valence-electron chi connectivity index (χ2n) is 3.10. The zero-order valence-corrected chi connectivity index (χ0v) is 9.05. The average molecular weight is 258 g/mol. The molecule has 17 heavy (non-hydrogen) atoms. The molecule has 2 heterocycles. The minimum atomic E-state index is -4.49. The molecule has 0 atom stereocenters. The summed E-state index contributed by atoms with van der Waals surface area (Å²) in [5.41, 5.74) is -0.681. The van der Waals surface area contributed by atoms with Crippen molar-refractivity contribution in [1.82, 2.24) is 9.97 Å². The quantitative estimate of drug-likeness (QED) is 0.777. The summed E-state index contributed by atoms with van der Waals surface area (Å²) in [5.74, 6) is 0. The Labute approximate surface area is 98.0 Å².